The smallest absolute Gasteiger partial charge is 0.178 e. The molecule has 0 radical (unpaired) electrons. The Kier molecular flexibility index (Phi) is 3.95. The van der Waals surface area contributed by atoms with Gasteiger partial charge >= 0.3 is 0 Å². The second-order valence-electron chi connectivity index (χ2n) is 7.75. The summed E-state index contributed by atoms with van der Waals surface area (Å²) in [5.41, 5.74) is 8.03. The van der Waals surface area contributed by atoms with Gasteiger partial charge in [-0.2, -0.15) is 0 Å². The van der Waals surface area contributed by atoms with Crippen LogP contribution in [-0.2, 0) is 10.3 Å². The van der Waals surface area contributed by atoms with E-state index in [1.165, 1.54) is 11.1 Å². The molecule has 2 aliphatic rings. The quantitative estimate of drug-likeness (QED) is 0.575. The van der Waals surface area contributed by atoms with Crippen molar-refractivity contribution in [1.29, 1.82) is 0 Å². The number of hydrogen-bond donors (Lipinski definition) is 0. The monoisotopic (exact) mass is 375 g/mol. The van der Waals surface area contributed by atoms with Crippen LogP contribution in [0.1, 0.15) is 33.4 Å². The first-order valence-corrected chi connectivity index (χ1v) is 9.87. The first-order chi connectivity index (χ1) is 14.1. The third-order valence-corrected chi connectivity index (χ3v) is 5.79. The van der Waals surface area contributed by atoms with E-state index < -0.39 is 5.54 Å². The van der Waals surface area contributed by atoms with Gasteiger partial charge in [0.05, 0.1) is 5.71 Å². The van der Waals surface area contributed by atoms with E-state index >= 15 is 0 Å². The van der Waals surface area contributed by atoms with E-state index in [0.717, 1.165) is 33.5 Å². The van der Waals surface area contributed by atoms with Gasteiger partial charge in [-0.1, -0.05) is 78.4 Å². The summed E-state index contributed by atoms with van der Waals surface area (Å²) >= 11 is 0. The van der Waals surface area contributed by atoms with Crippen LogP contribution in [0.3, 0.4) is 0 Å². The van der Waals surface area contributed by atoms with Crippen LogP contribution in [0.4, 0.5) is 0 Å². The molecule has 29 heavy (non-hydrogen) atoms. The predicted octanol–water partition coefficient (Wildman–Crippen LogP) is 5.57. The van der Waals surface area contributed by atoms with Gasteiger partial charge in [-0.3, -0.25) is 9.79 Å². The van der Waals surface area contributed by atoms with Gasteiger partial charge in [0.2, 0.25) is 0 Å². The topological polar surface area (TPSA) is 29.4 Å². The number of allylic oxidation sites excluding steroid dienone is 2. The van der Waals surface area contributed by atoms with Crippen LogP contribution in [0.15, 0.2) is 96.0 Å². The fourth-order valence-electron chi connectivity index (χ4n) is 4.42. The van der Waals surface area contributed by atoms with Crippen molar-refractivity contribution < 1.29 is 4.79 Å². The Morgan fingerprint density at radius 1 is 0.793 bits per heavy atom. The molecular formula is C27H21NO. The van der Waals surface area contributed by atoms with Crippen LogP contribution >= 0.6 is 0 Å². The van der Waals surface area contributed by atoms with Crippen molar-refractivity contribution in [1.82, 2.24) is 0 Å². The number of nitrogens with zero attached hydrogens (tertiary/aromatic N) is 1. The van der Waals surface area contributed by atoms with Crippen molar-refractivity contribution >= 4 is 17.1 Å². The van der Waals surface area contributed by atoms with Crippen LogP contribution in [0.25, 0.3) is 5.57 Å². The molecule has 5 rings (SSSR count). The number of aliphatic imine (C=N–C) groups is 1. The molecule has 3 aromatic carbocycles. The van der Waals surface area contributed by atoms with Gasteiger partial charge in [-0.05, 0) is 48.8 Å². The molecule has 1 aliphatic carbocycles. The summed E-state index contributed by atoms with van der Waals surface area (Å²) in [6.45, 7) is 4.21. The normalized spacial score (nSPS) is 19.9. The lowest BCUT2D eigenvalue weighted by Gasteiger charge is -2.31. The Morgan fingerprint density at radius 3 is 2.31 bits per heavy atom. The maximum atomic E-state index is 12.4. The summed E-state index contributed by atoms with van der Waals surface area (Å²) in [6, 6.07) is 25.0. The molecule has 1 aliphatic heterocycles. The van der Waals surface area contributed by atoms with Crippen molar-refractivity contribution in [2.24, 2.45) is 4.99 Å². The number of rotatable bonds is 2. The highest BCUT2D eigenvalue weighted by molar-refractivity contribution is 6.19. The third-order valence-electron chi connectivity index (χ3n) is 5.79. The molecule has 0 fully saturated rings. The zero-order valence-corrected chi connectivity index (χ0v) is 16.5. The molecule has 0 amide bonds. The van der Waals surface area contributed by atoms with E-state index in [-0.39, 0.29) is 5.78 Å². The van der Waals surface area contributed by atoms with Gasteiger partial charge in [0.1, 0.15) is 5.54 Å². The average Bonchev–Trinajstić information content (AvgIpc) is 3.07. The summed E-state index contributed by atoms with van der Waals surface area (Å²) < 4.78 is 0. The van der Waals surface area contributed by atoms with Gasteiger partial charge in [0.25, 0.3) is 0 Å². The Bertz CT molecular complexity index is 1210. The lowest BCUT2D eigenvalue weighted by atomic mass is 9.74. The van der Waals surface area contributed by atoms with Crippen molar-refractivity contribution in [2.75, 3.05) is 0 Å². The Balaban J connectivity index is 1.81. The highest BCUT2D eigenvalue weighted by atomic mass is 16.1. The minimum atomic E-state index is -0.684. The highest BCUT2D eigenvalue weighted by Crippen LogP contribution is 2.50. The van der Waals surface area contributed by atoms with Gasteiger partial charge < -0.3 is 0 Å². The number of aryl methyl sites for hydroxylation is 2. The van der Waals surface area contributed by atoms with Crippen LogP contribution in [0, 0.1) is 13.8 Å². The third kappa shape index (κ3) is 2.72. The number of carbonyl (C=O) groups is 1. The van der Waals surface area contributed by atoms with E-state index in [0.29, 0.717) is 0 Å². The Hall–Kier alpha value is -3.52. The van der Waals surface area contributed by atoms with Crippen molar-refractivity contribution in [3.8, 4) is 0 Å². The average molecular weight is 375 g/mol. The predicted molar refractivity (Wildman–Crippen MR) is 118 cm³/mol. The van der Waals surface area contributed by atoms with Gasteiger partial charge in [0, 0.05) is 16.7 Å². The molecular weight excluding hydrogens is 354 g/mol. The summed E-state index contributed by atoms with van der Waals surface area (Å²) in [4.78, 5) is 17.7. The molecule has 3 aromatic rings. The SMILES string of the molecule is Cc1ccc(C2=N[C@]3(C=CC(=O)C=C3c3ccccc3)c3c(C)cccc32)cc1. The number of benzene rings is 3. The van der Waals surface area contributed by atoms with Gasteiger partial charge in [-0.25, -0.2) is 0 Å². The van der Waals surface area contributed by atoms with Crippen molar-refractivity contribution in [3.63, 3.8) is 0 Å². The van der Waals surface area contributed by atoms with E-state index in [1.54, 1.807) is 12.2 Å². The molecule has 0 unspecified atom stereocenters. The number of ketones is 1. The fraction of sp³-hybridized carbons (Fsp3) is 0.111. The van der Waals surface area contributed by atoms with E-state index in [2.05, 4.69) is 68.4 Å². The molecule has 0 aromatic heterocycles. The number of fused-ring (bicyclic) bond motifs is 2. The molecule has 0 N–H and O–H groups in total. The molecule has 1 spiro atoms. The number of carbonyl (C=O) groups excluding carboxylic acids is 1. The Labute approximate surface area is 170 Å². The molecule has 0 saturated heterocycles. The minimum Gasteiger partial charge on any atom is -0.290 e. The van der Waals surface area contributed by atoms with Crippen molar-refractivity contribution in [2.45, 2.75) is 19.4 Å². The summed E-state index contributed by atoms with van der Waals surface area (Å²) in [6.07, 6.45) is 5.38. The van der Waals surface area contributed by atoms with Crippen molar-refractivity contribution in [3.05, 3.63) is 124 Å². The van der Waals surface area contributed by atoms with E-state index in [4.69, 9.17) is 4.99 Å². The van der Waals surface area contributed by atoms with E-state index in [9.17, 15) is 4.79 Å². The Morgan fingerprint density at radius 2 is 1.55 bits per heavy atom. The van der Waals surface area contributed by atoms with Crippen LogP contribution in [0.5, 0.6) is 0 Å². The van der Waals surface area contributed by atoms with Crippen LogP contribution in [-0.4, -0.2) is 11.5 Å². The molecule has 1 heterocycles. The lowest BCUT2D eigenvalue weighted by Crippen LogP contribution is -2.25. The fourth-order valence-corrected chi connectivity index (χ4v) is 4.42. The van der Waals surface area contributed by atoms with Gasteiger partial charge in [0.15, 0.2) is 5.78 Å². The summed E-state index contributed by atoms with van der Waals surface area (Å²) in [7, 11) is 0. The molecule has 1 atom stereocenters. The summed E-state index contributed by atoms with van der Waals surface area (Å²) in [5.74, 6) is 0.00333. The minimum absolute atomic E-state index is 0.00333. The maximum Gasteiger partial charge on any atom is 0.178 e. The zero-order valence-electron chi connectivity index (χ0n) is 16.5. The van der Waals surface area contributed by atoms with E-state index in [1.807, 2.05) is 24.3 Å². The second kappa shape index (κ2) is 6.52. The lowest BCUT2D eigenvalue weighted by molar-refractivity contribution is -0.110. The molecule has 0 saturated carbocycles. The maximum absolute atomic E-state index is 12.4. The van der Waals surface area contributed by atoms with Crippen LogP contribution in [0.2, 0.25) is 0 Å². The van der Waals surface area contributed by atoms with Gasteiger partial charge in [-0.15, -0.1) is 0 Å². The molecule has 2 nitrogen and oxygen atoms in total. The first-order valence-electron chi connectivity index (χ1n) is 9.87. The number of hydrogen-bond acceptors (Lipinski definition) is 2. The van der Waals surface area contributed by atoms with Crippen LogP contribution < -0.4 is 0 Å². The first kappa shape index (κ1) is 17.6. The standard InChI is InChI=1S/C27H21NO/c1-18-11-13-21(14-12-18)26-23-10-6-7-19(2)25(23)27(28-26)16-15-22(29)17-24(27)20-8-4-3-5-9-20/h3-17H,1-2H3/t27-/m0/s1. The highest BCUT2D eigenvalue weighted by Gasteiger charge is 2.44. The molecule has 140 valence electrons. The molecule has 0 bridgehead atoms. The zero-order chi connectivity index (χ0) is 20.0. The second-order valence-corrected chi connectivity index (χ2v) is 7.75. The largest absolute Gasteiger partial charge is 0.290 e. The molecule has 2 heteroatoms. The summed E-state index contributed by atoms with van der Waals surface area (Å²) in [5, 5.41) is 0.